The molecule has 0 aliphatic carbocycles. The highest BCUT2D eigenvalue weighted by molar-refractivity contribution is 9.10. The van der Waals surface area contributed by atoms with Crippen molar-refractivity contribution in [3.8, 4) is 6.07 Å². The molecule has 3 heteroatoms. The number of nitriles is 1. The van der Waals surface area contributed by atoms with Crippen molar-refractivity contribution in [2.75, 3.05) is 0 Å². The molecule has 0 N–H and O–H groups in total. The van der Waals surface area contributed by atoms with Gasteiger partial charge < -0.3 is 0 Å². The molecule has 0 aliphatic rings. The van der Waals surface area contributed by atoms with Crippen molar-refractivity contribution in [1.29, 1.82) is 5.26 Å². The normalized spacial score (nSPS) is 14.6. The summed E-state index contributed by atoms with van der Waals surface area (Å²) >= 11 is 3.02. The van der Waals surface area contributed by atoms with Gasteiger partial charge in [-0.05, 0) is 34.4 Å². The van der Waals surface area contributed by atoms with E-state index in [0.29, 0.717) is 0 Å². The molecule has 1 rings (SSSR count). The first-order chi connectivity index (χ1) is 5.96. The standard InChI is InChI=1S/C7H5BrN2/c1-5-2-3-10-7(8)6(5)4-9/h2-3H,1H3/i1D3. The Morgan fingerprint density at radius 3 is 3.20 bits per heavy atom. The highest BCUT2D eigenvalue weighted by Gasteiger charge is 2.00. The largest absolute Gasteiger partial charge is 0.248 e. The van der Waals surface area contributed by atoms with E-state index in [1.807, 2.05) is 0 Å². The molecule has 1 heterocycles. The average Bonchev–Trinajstić information content (AvgIpc) is 2.02. The first kappa shape index (κ1) is 4.09. The second-order valence-corrected chi connectivity index (χ2v) is 2.39. The van der Waals surface area contributed by atoms with Gasteiger partial charge in [0.1, 0.15) is 10.7 Å². The summed E-state index contributed by atoms with van der Waals surface area (Å²) < 4.78 is 21.7. The van der Waals surface area contributed by atoms with Crippen molar-refractivity contribution in [2.45, 2.75) is 6.85 Å². The Balaban J connectivity index is 3.40. The predicted octanol–water partition coefficient (Wildman–Crippen LogP) is 2.02. The Hall–Kier alpha value is -0.880. The van der Waals surface area contributed by atoms with Gasteiger partial charge >= 0.3 is 0 Å². The van der Waals surface area contributed by atoms with E-state index in [4.69, 9.17) is 9.37 Å². The highest BCUT2D eigenvalue weighted by atomic mass is 79.9. The molecule has 0 radical (unpaired) electrons. The molecule has 0 spiro atoms. The fourth-order valence-corrected chi connectivity index (χ4v) is 0.963. The SMILES string of the molecule is [2H]C([2H])([2H])c1ccnc(Br)c1C#N. The molecule has 0 atom stereocenters. The van der Waals surface area contributed by atoms with E-state index in [1.54, 1.807) is 6.07 Å². The number of rotatable bonds is 0. The zero-order valence-corrected chi connectivity index (χ0v) is 6.51. The van der Waals surface area contributed by atoms with Crippen LogP contribution < -0.4 is 0 Å². The van der Waals surface area contributed by atoms with E-state index in [1.165, 1.54) is 12.3 Å². The van der Waals surface area contributed by atoms with Gasteiger partial charge in [0.25, 0.3) is 0 Å². The van der Waals surface area contributed by atoms with Crippen molar-refractivity contribution in [3.05, 3.63) is 28.0 Å². The number of aromatic nitrogens is 1. The van der Waals surface area contributed by atoms with Crippen molar-refractivity contribution in [3.63, 3.8) is 0 Å². The summed E-state index contributed by atoms with van der Waals surface area (Å²) in [6.45, 7) is -2.27. The quantitative estimate of drug-likeness (QED) is 0.600. The van der Waals surface area contributed by atoms with Crippen LogP contribution in [0.2, 0.25) is 0 Å². The van der Waals surface area contributed by atoms with E-state index >= 15 is 0 Å². The molecular formula is C7H5BrN2. The molecule has 2 nitrogen and oxygen atoms in total. The molecule has 1 aromatic rings. The van der Waals surface area contributed by atoms with Crippen LogP contribution in [0, 0.1) is 18.2 Å². The Bertz CT molecular complexity index is 367. The number of hydrogen-bond acceptors (Lipinski definition) is 2. The number of halogens is 1. The lowest BCUT2D eigenvalue weighted by Crippen LogP contribution is -1.85. The molecule has 0 amide bonds. The molecule has 0 saturated carbocycles. The molecule has 10 heavy (non-hydrogen) atoms. The minimum absolute atomic E-state index is 0.0249. The zero-order chi connectivity index (χ0) is 10.1. The monoisotopic (exact) mass is 199 g/mol. The molecule has 0 bridgehead atoms. The first-order valence-electron chi connectivity index (χ1n) is 4.02. The number of nitrogens with zero attached hydrogens (tertiary/aromatic N) is 2. The highest BCUT2D eigenvalue weighted by Crippen LogP contribution is 2.14. The van der Waals surface area contributed by atoms with Gasteiger partial charge in [0.2, 0.25) is 0 Å². The van der Waals surface area contributed by atoms with Crippen molar-refractivity contribution >= 4 is 15.9 Å². The predicted molar refractivity (Wildman–Crippen MR) is 41.4 cm³/mol. The molecule has 50 valence electrons. The molecule has 1 aromatic heterocycles. The number of pyridine rings is 1. The van der Waals surface area contributed by atoms with Crippen molar-refractivity contribution in [1.82, 2.24) is 4.98 Å². The number of aryl methyl sites for hydroxylation is 1. The summed E-state index contributed by atoms with van der Waals surface area (Å²) in [5.74, 6) is 0. The van der Waals surface area contributed by atoms with Crippen molar-refractivity contribution < 1.29 is 4.11 Å². The van der Waals surface area contributed by atoms with E-state index in [0.717, 1.165) is 0 Å². The van der Waals surface area contributed by atoms with Crippen LogP contribution in [0.15, 0.2) is 16.9 Å². The Morgan fingerprint density at radius 2 is 2.70 bits per heavy atom. The lowest BCUT2D eigenvalue weighted by atomic mass is 10.2. The van der Waals surface area contributed by atoms with Gasteiger partial charge in [0.05, 0.1) is 5.56 Å². The summed E-state index contributed by atoms with van der Waals surface area (Å²) in [4.78, 5) is 3.77. The summed E-state index contributed by atoms with van der Waals surface area (Å²) in [5, 5.41) is 8.69. The van der Waals surface area contributed by atoms with Crippen LogP contribution >= 0.6 is 15.9 Å². The van der Waals surface area contributed by atoms with E-state index in [9.17, 15) is 0 Å². The lowest BCUT2D eigenvalue weighted by molar-refractivity contribution is 1.21. The summed E-state index contributed by atoms with van der Waals surface area (Å²) in [6.07, 6.45) is 1.35. The van der Waals surface area contributed by atoms with E-state index < -0.39 is 6.85 Å². The zero-order valence-electron chi connectivity index (χ0n) is 7.93. The van der Waals surface area contributed by atoms with Gasteiger partial charge in [-0.3, -0.25) is 0 Å². The maximum atomic E-state index is 8.69. The van der Waals surface area contributed by atoms with E-state index in [2.05, 4.69) is 20.9 Å². The maximum Gasteiger partial charge on any atom is 0.124 e. The summed E-state index contributed by atoms with van der Waals surface area (Å²) in [6, 6.07) is 3.13. The Labute approximate surface area is 71.9 Å². The van der Waals surface area contributed by atoms with Crippen LogP contribution in [0.5, 0.6) is 0 Å². The smallest absolute Gasteiger partial charge is 0.124 e. The molecule has 0 saturated heterocycles. The lowest BCUT2D eigenvalue weighted by Gasteiger charge is -1.95. The van der Waals surface area contributed by atoms with Crippen LogP contribution in [-0.4, -0.2) is 4.98 Å². The minimum atomic E-state index is -2.27. The Kier molecular flexibility index (Phi) is 1.15. The maximum absolute atomic E-state index is 8.69. The first-order valence-corrected chi connectivity index (χ1v) is 3.31. The second kappa shape index (κ2) is 2.80. The molecule has 0 aliphatic heterocycles. The van der Waals surface area contributed by atoms with Gasteiger partial charge in [0.15, 0.2) is 0 Å². The summed E-state index contributed by atoms with van der Waals surface area (Å²) in [7, 11) is 0. The molecule has 0 fully saturated rings. The topological polar surface area (TPSA) is 36.7 Å². The van der Waals surface area contributed by atoms with Gasteiger partial charge in [-0.25, -0.2) is 4.98 Å². The molecule has 0 unspecified atom stereocenters. The minimum Gasteiger partial charge on any atom is -0.248 e. The average molecular weight is 200 g/mol. The fraction of sp³-hybridized carbons (Fsp3) is 0.143. The van der Waals surface area contributed by atoms with Crippen LogP contribution in [0.1, 0.15) is 15.2 Å². The molecular weight excluding hydrogens is 192 g/mol. The Morgan fingerprint density at radius 1 is 1.90 bits per heavy atom. The van der Waals surface area contributed by atoms with Crippen LogP contribution in [0.4, 0.5) is 0 Å². The van der Waals surface area contributed by atoms with Crippen LogP contribution in [0.25, 0.3) is 0 Å². The third kappa shape index (κ3) is 1.17. The summed E-state index contributed by atoms with van der Waals surface area (Å²) in [5.41, 5.74) is 0.0966. The van der Waals surface area contributed by atoms with E-state index in [-0.39, 0.29) is 15.7 Å². The fourth-order valence-electron chi connectivity index (χ4n) is 0.543. The van der Waals surface area contributed by atoms with Gasteiger partial charge in [-0.15, -0.1) is 0 Å². The van der Waals surface area contributed by atoms with Gasteiger partial charge in [-0.1, -0.05) is 0 Å². The number of hydrogen-bond donors (Lipinski definition) is 0. The molecule has 0 aromatic carbocycles. The van der Waals surface area contributed by atoms with Crippen LogP contribution in [-0.2, 0) is 0 Å². The third-order valence-electron chi connectivity index (χ3n) is 1.02. The van der Waals surface area contributed by atoms with Gasteiger partial charge in [-0.2, -0.15) is 5.26 Å². The third-order valence-corrected chi connectivity index (χ3v) is 1.62. The van der Waals surface area contributed by atoms with Crippen molar-refractivity contribution in [2.24, 2.45) is 0 Å². The van der Waals surface area contributed by atoms with Gasteiger partial charge in [0, 0.05) is 10.3 Å². The van der Waals surface area contributed by atoms with Crippen LogP contribution in [0.3, 0.4) is 0 Å². The second-order valence-electron chi connectivity index (χ2n) is 1.64.